The first-order valence-electron chi connectivity index (χ1n) is 4.95. The number of benzene rings is 2. The molecule has 1 aliphatic rings. The van der Waals surface area contributed by atoms with Crippen molar-refractivity contribution in [3.05, 3.63) is 58.1 Å². The van der Waals surface area contributed by atoms with Crippen molar-refractivity contribution >= 4 is 15.9 Å². The Labute approximate surface area is 101 Å². The Morgan fingerprint density at radius 3 is 2.38 bits per heavy atom. The minimum atomic E-state index is -1.88. The van der Waals surface area contributed by atoms with Crippen LogP contribution in [-0.2, 0) is 5.79 Å². The van der Waals surface area contributed by atoms with Gasteiger partial charge in [0.15, 0.2) is 0 Å². The summed E-state index contributed by atoms with van der Waals surface area (Å²) < 4.78 is 0.839. The van der Waals surface area contributed by atoms with E-state index in [-0.39, 0.29) is 0 Å². The van der Waals surface area contributed by atoms with E-state index in [0.717, 1.165) is 15.6 Å². The van der Waals surface area contributed by atoms with E-state index in [2.05, 4.69) is 15.9 Å². The summed E-state index contributed by atoms with van der Waals surface area (Å²) in [6.07, 6.45) is 0. The molecular weight excluding hydrogens is 268 g/mol. The van der Waals surface area contributed by atoms with Crippen LogP contribution in [0.25, 0.3) is 11.1 Å². The van der Waals surface area contributed by atoms with E-state index in [1.807, 2.05) is 24.3 Å². The van der Waals surface area contributed by atoms with Gasteiger partial charge in [0.2, 0.25) is 5.79 Å². The fraction of sp³-hybridized carbons (Fsp3) is 0.0769. The summed E-state index contributed by atoms with van der Waals surface area (Å²) in [5.41, 5.74) is 2.84. The number of hydrogen-bond donors (Lipinski definition) is 2. The summed E-state index contributed by atoms with van der Waals surface area (Å²) in [6.45, 7) is 0. The lowest BCUT2D eigenvalue weighted by Gasteiger charge is -2.18. The average Bonchev–Trinajstić information content (AvgIpc) is 2.49. The second kappa shape index (κ2) is 3.17. The minimum absolute atomic E-state index is 0.531. The zero-order valence-corrected chi connectivity index (χ0v) is 9.90. The van der Waals surface area contributed by atoms with Crippen molar-refractivity contribution in [2.45, 2.75) is 5.79 Å². The third-order valence-corrected chi connectivity index (χ3v) is 3.44. The quantitative estimate of drug-likeness (QED) is 0.727. The summed E-state index contributed by atoms with van der Waals surface area (Å²) in [5, 5.41) is 20.3. The van der Waals surface area contributed by atoms with Gasteiger partial charge in [0.05, 0.1) is 0 Å². The molecule has 2 N–H and O–H groups in total. The molecule has 16 heavy (non-hydrogen) atoms. The summed E-state index contributed by atoms with van der Waals surface area (Å²) in [6, 6.07) is 12.9. The van der Waals surface area contributed by atoms with Crippen LogP contribution in [0.5, 0.6) is 0 Å². The molecule has 0 amide bonds. The van der Waals surface area contributed by atoms with Crippen molar-refractivity contribution in [2.24, 2.45) is 0 Å². The summed E-state index contributed by atoms with van der Waals surface area (Å²) in [5.74, 6) is -1.88. The molecule has 2 nitrogen and oxygen atoms in total. The van der Waals surface area contributed by atoms with Crippen LogP contribution in [0.4, 0.5) is 0 Å². The van der Waals surface area contributed by atoms with Crippen molar-refractivity contribution in [2.75, 3.05) is 0 Å². The van der Waals surface area contributed by atoms with Crippen LogP contribution in [-0.4, -0.2) is 10.2 Å². The molecular formula is C13H9BrO2. The van der Waals surface area contributed by atoms with Gasteiger partial charge in [-0.15, -0.1) is 0 Å². The van der Waals surface area contributed by atoms with Crippen molar-refractivity contribution in [3.63, 3.8) is 0 Å². The van der Waals surface area contributed by atoms with E-state index in [0.29, 0.717) is 11.1 Å². The van der Waals surface area contributed by atoms with Gasteiger partial charge < -0.3 is 10.2 Å². The molecule has 0 spiro atoms. The molecule has 0 unspecified atom stereocenters. The SMILES string of the molecule is OC1(O)c2ccccc2-c2ccc(Br)cc21. The second-order valence-corrected chi connectivity index (χ2v) is 4.82. The lowest BCUT2D eigenvalue weighted by molar-refractivity contribution is -0.128. The molecule has 2 aromatic carbocycles. The molecule has 0 saturated carbocycles. The van der Waals surface area contributed by atoms with Crippen molar-refractivity contribution in [1.29, 1.82) is 0 Å². The van der Waals surface area contributed by atoms with Gasteiger partial charge in [-0.05, 0) is 23.3 Å². The average molecular weight is 277 g/mol. The number of aliphatic hydroxyl groups is 2. The number of hydrogen-bond acceptors (Lipinski definition) is 2. The van der Waals surface area contributed by atoms with Gasteiger partial charge >= 0.3 is 0 Å². The van der Waals surface area contributed by atoms with E-state index < -0.39 is 5.79 Å². The van der Waals surface area contributed by atoms with Gasteiger partial charge in [0, 0.05) is 15.6 Å². The van der Waals surface area contributed by atoms with E-state index in [1.165, 1.54) is 0 Å². The lowest BCUT2D eigenvalue weighted by Crippen LogP contribution is -2.23. The highest BCUT2D eigenvalue weighted by molar-refractivity contribution is 9.10. The summed E-state index contributed by atoms with van der Waals surface area (Å²) in [7, 11) is 0. The van der Waals surface area contributed by atoms with Gasteiger partial charge in [0.1, 0.15) is 0 Å². The van der Waals surface area contributed by atoms with Crippen molar-refractivity contribution in [3.8, 4) is 11.1 Å². The Morgan fingerprint density at radius 1 is 0.875 bits per heavy atom. The molecule has 0 aromatic heterocycles. The molecule has 80 valence electrons. The van der Waals surface area contributed by atoms with E-state index in [4.69, 9.17) is 0 Å². The Morgan fingerprint density at radius 2 is 1.56 bits per heavy atom. The van der Waals surface area contributed by atoms with Gasteiger partial charge in [-0.2, -0.15) is 0 Å². The van der Waals surface area contributed by atoms with Crippen LogP contribution < -0.4 is 0 Å². The Kier molecular flexibility index (Phi) is 1.98. The number of rotatable bonds is 0. The van der Waals surface area contributed by atoms with Crippen LogP contribution >= 0.6 is 15.9 Å². The van der Waals surface area contributed by atoms with Crippen LogP contribution in [0.3, 0.4) is 0 Å². The highest BCUT2D eigenvalue weighted by atomic mass is 79.9. The van der Waals surface area contributed by atoms with Crippen LogP contribution in [0, 0.1) is 0 Å². The molecule has 2 aromatic rings. The zero-order valence-electron chi connectivity index (χ0n) is 8.31. The molecule has 1 aliphatic carbocycles. The predicted octanol–water partition coefficient (Wildman–Crippen LogP) is 2.62. The fourth-order valence-corrected chi connectivity index (χ4v) is 2.57. The molecule has 0 bridgehead atoms. The first-order chi connectivity index (χ1) is 7.60. The third-order valence-electron chi connectivity index (χ3n) is 2.95. The molecule has 0 atom stereocenters. The van der Waals surface area contributed by atoms with E-state index in [9.17, 15) is 10.2 Å². The maximum absolute atomic E-state index is 10.2. The predicted molar refractivity (Wildman–Crippen MR) is 64.8 cm³/mol. The molecule has 0 heterocycles. The maximum atomic E-state index is 10.2. The lowest BCUT2D eigenvalue weighted by atomic mass is 10.1. The first-order valence-corrected chi connectivity index (χ1v) is 5.74. The molecule has 3 heteroatoms. The Balaban J connectivity index is 2.39. The van der Waals surface area contributed by atoms with Crippen molar-refractivity contribution < 1.29 is 10.2 Å². The van der Waals surface area contributed by atoms with Gasteiger partial charge in [0.25, 0.3) is 0 Å². The van der Waals surface area contributed by atoms with Crippen LogP contribution in [0.1, 0.15) is 11.1 Å². The van der Waals surface area contributed by atoms with E-state index >= 15 is 0 Å². The van der Waals surface area contributed by atoms with E-state index in [1.54, 1.807) is 18.2 Å². The standard InChI is InChI=1S/C13H9BrO2/c14-8-5-6-10-9-3-1-2-4-11(9)13(15,16)12(10)7-8/h1-7,15-16H. The number of fused-ring (bicyclic) bond motifs is 3. The highest BCUT2D eigenvalue weighted by Gasteiger charge is 2.39. The summed E-state index contributed by atoms with van der Waals surface area (Å²) in [4.78, 5) is 0. The molecule has 0 fully saturated rings. The third kappa shape index (κ3) is 1.19. The minimum Gasteiger partial charge on any atom is -0.358 e. The normalized spacial score (nSPS) is 15.7. The topological polar surface area (TPSA) is 40.5 Å². The smallest absolute Gasteiger partial charge is 0.218 e. The molecule has 3 rings (SSSR count). The first kappa shape index (κ1) is 10.0. The highest BCUT2D eigenvalue weighted by Crippen LogP contribution is 2.46. The summed E-state index contributed by atoms with van der Waals surface area (Å²) >= 11 is 3.34. The fourth-order valence-electron chi connectivity index (χ4n) is 2.21. The van der Waals surface area contributed by atoms with Gasteiger partial charge in [-0.1, -0.05) is 46.3 Å². The molecule has 0 radical (unpaired) electrons. The Hall–Kier alpha value is -1.16. The van der Waals surface area contributed by atoms with Crippen molar-refractivity contribution in [1.82, 2.24) is 0 Å². The maximum Gasteiger partial charge on any atom is 0.218 e. The molecule has 0 aliphatic heterocycles. The Bertz CT molecular complexity index is 576. The number of halogens is 1. The van der Waals surface area contributed by atoms with Crippen LogP contribution in [0.2, 0.25) is 0 Å². The molecule has 0 saturated heterocycles. The van der Waals surface area contributed by atoms with Crippen LogP contribution in [0.15, 0.2) is 46.9 Å². The van der Waals surface area contributed by atoms with Gasteiger partial charge in [-0.25, -0.2) is 0 Å². The second-order valence-electron chi connectivity index (χ2n) is 3.91. The largest absolute Gasteiger partial charge is 0.358 e. The zero-order chi connectivity index (χ0) is 11.3. The van der Waals surface area contributed by atoms with Gasteiger partial charge in [-0.3, -0.25) is 0 Å². The monoisotopic (exact) mass is 276 g/mol.